The number of nitrogens with one attached hydrogen (secondary N) is 1. The molecule has 0 radical (unpaired) electrons. The lowest BCUT2D eigenvalue weighted by Crippen LogP contribution is -2.21. The largest absolute Gasteiger partial charge is 0.316 e. The second-order valence-corrected chi connectivity index (χ2v) is 5.86. The van der Waals surface area contributed by atoms with Crippen molar-refractivity contribution in [3.8, 4) is 0 Å². The summed E-state index contributed by atoms with van der Waals surface area (Å²) in [4.78, 5) is 12.4. The predicted molar refractivity (Wildman–Crippen MR) is 72.9 cm³/mol. The Morgan fingerprint density at radius 3 is 2.39 bits per heavy atom. The smallest absolute Gasteiger partial charge is 0.167 e. The van der Waals surface area contributed by atoms with E-state index in [4.69, 9.17) is 0 Å². The molecule has 1 heterocycles. The molecule has 2 atom stereocenters. The molecule has 1 aliphatic heterocycles. The highest BCUT2D eigenvalue weighted by Gasteiger charge is 2.30. The molecule has 1 aromatic carbocycles. The molecular formula is C16H21NO. The highest BCUT2D eigenvalue weighted by molar-refractivity contribution is 5.98. The van der Waals surface area contributed by atoms with E-state index in [1.165, 1.54) is 24.8 Å². The molecule has 0 bridgehead atoms. The van der Waals surface area contributed by atoms with E-state index in [1.54, 1.807) is 0 Å². The number of hydrogen-bond acceptors (Lipinski definition) is 2. The van der Waals surface area contributed by atoms with Gasteiger partial charge in [-0.05, 0) is 36.8 Å². The van der Waals surface area contributed by atoms with Crippen LogP contribution in [0, 0.1) is 11.8 Å². The maximum atomic E-state index is 12.4. The SMILES string of the molecule is CC1CNCC1C(=O)c1ccc(C2CCC2)cc1. The van der Waals surface area contributed by atoms with Crippen molar-refractivity contribution < 1.29 is 4.79 Å². The molecule has 2 unspecified atom stereocenters. The van der Waals surface area contributed by atoms with E-state index < -0.39 is 0 Å². The molecule has 3 rings (SSSR count). The highest BCUT2D eigenvalue weighted by Crippen LogP contribution is 2.36. The van der Waals surface area contributed by atoms with Crippen molar-refractivity contribution in [2.75, 3.05) is 13.1 Å². The van der Waals surface area contributed by atoms with Crippen LogP contribution in [-0.2, 0) is 0 Å². The first-order valence-electron chi connectivity index (χ1n) is 7.10. The van der Waals surface area contributed by atoms with Crippen molar-refractivity contribution in [2.24, 2.45) is 11.8 Å². The number of benzene rings is 1. The van der Waals surface area contributed by atoms with Crippen molar-refractivity contribution in [1.29, 1.82) is 0 Å². The van der Waals surface area contributed by atoms with Crippen molar-refractivity contribution in [2.45, 2.75) is 32.1 Å². The standard InChI is InChI=1S/C16H21NO/c1-11-9-17-10-15(11)16(18)14-7-5-13(6-8-14)12-3-2-4-12/h5-8,11-12,15,17H,2-4,9-10H2,1H3. The highest BCUT2D eigenvalue weighted by atomic mass is 16.1. The number of rotatable bonds is 3. The number of carbonyl (C=O) groups is 1. The maximum Gasteiger partial charge on any atom is 0.167 e. The van der Waals surface area contributed by atoms with E-state index >= 15 is 0 Å². The summed E-state index contributed by atoms with van der Waals surface area (Å²) in [6.07, 6.45) is 3.99. The maximum absolute atomic E-state index is 12.4. The molecule has 1 saturated carbocycles. The van der Waals surface area contributed by atoms with Crippen LogP contribution in [0.4, 0.5) is 0 Å². The summed E-state index contributed by atoms with van der Waals surface area (Å²) in [5.74, 6) is 1.69. The van der Waals surface area contributed by atoms with Gasteiger partial charge in [0.15, 0.2) is 5.78 Å². The van der Waals surface area contributed by atoms with E-state index in [-0.39, 0.29) is 5.92 Å². The Bertz CT molecular complexity index is 433. The van der Waals surface area contributed by atoms with Crippen LogP contribution in [0.5, 0.6) is 0 Å². The van der Waals surface area contributed by atoms with Gasteiger partial charge >= 0.3 is 0 Å². The van der Waals surface area contributed by atoms with Crippen LogP contribution in [0.3, 0.4) is 0 Å². The Labute approximate surface area is 109 Å². The summed E-state index contributed by atoms with van der Waals surface area (Å²) in [7, 11) is 0. The number of Topliss-reactive ketones (excluding diaryl/α,β-unsaturated/α-hetero) is 1. The van der Waals surface area contributed by atoms with Gasteiger partial charge in [-0.2, -0.15) is 0 Å². The lowest BCUT2D eigenvalue weighted by atomic mass is 9.79. The summed E-state index contributed by atoms with van der Waals surface area (Å²) < 4.78 is 0. The molecule has 2 nitrogen and oxygen atoms in total. The Morgan fingerprint density at radius 1 is 1.17 bits per heavy atom. The van der Waals surface area contributed by atoms with Gasteiger partial charge in [0.25, 0.3) is 0 Å². The minimum absolute atomic E-state index is 0.166. The van der Waals surface area contributed by atoms with Crippen LogP contribution in [0.1, 0.15) is 48.0 Å². The molecule has 0 aromatic heterocycles. The lowest BCUT2D eigenvalue weighted by Gasteiger charge is -2.25. The minimum Gasteiger partial charge on any atom is -0.316 e. The Morgan fingerprint density at radius 2 is 1.89 bits per heavy atom. The fourth-order valence-electron chi connectivity index (χ4n) is 3.04. The minimum atomic E-state index is 0.166. The topological polar surface area (TPSA) is 29.1 Å². The zero-order chi connectivity index (χ0) is 12.5. The summed E-state index contributed by atoms with van der Waals surface area (Å²) in [5.41, 5.74) is 2.30. The van der Waals surface area contributed by atoms with Crippen molar-refractivity contribution in [3.63, 3.8) is 0 Å². The third-order valence-corrected chi connectivity index (χ3v) is 4.63. The quantitative estimate of drug-likeness (QED) is 0.827. The number of hydrogen-bond donors (Lipinski definition) is 1. The average Bonchev–Trinajstić information content (AvgIpc) is 2.73. The van der Waals surface area contributed by atoms with Gasteiger partial charge < -0.3 is 5.32 Å². The van der Waals surface area contributed by atoms with Crippen molar-refractivity contribution in [1.82, 2.24) is 5.32 Å². The summed E-state index contributed by atoms with van der Waals surface area (Å²) in [6.45, 7) is 3.96. The van der Waals surface area contributed by atoms with Crippen LogP contribution in [0.15, 0.2) is 24.3 Å². The van der Waals surface area contributed by atoms with Gasteiger partial charge in [-0.1, -0.05) is 37.6 Å². The van der Waals surface area contributed by atoms with E-state index in [2.05, 4.69) is 24.4 Å². The van der Waals surface area contributed by atoms with Gasteiger partial charge in [0.2, 0.25) is 0 Å². The van der Waals surface area contributed by atoms with Crippen LogP contribution >= 0.6 is 0 Å². The molecule has 1 aliphatic carbocycles. The Kier molecular flexibility index (Phi) is 3.21. The van der Waals surface area contributed by atoms with E-state index in [0.29, 0.717) is 11.7 Å². The zero-order valence-corrected chi connectivity index (χ0v) is 11.0. The number of ketones is 1. The van der Waals surface area contributed by atoms with Gasteiger partial charge in [-0.3, -0.25) is 4.79 Å². The average molecular weight is 243 g/mol. The monoisotopic (exact) mass is 243 g/mol. The first-order valence-corrected chi connectivity index (χ1v) is 7.10. The molecule has 0 amide bonds. The second kappa shape index (κ2) is 4.85. The van der Waals surface area contributed by atoms with Gasteiger partial charge in [-0.25, -0.2) is 0 Å². The lowest BCUT2D eigenvalue weighted by molar-refractivity contribution is 0.0907. The van der Waals surface area contributed by atoms with E-state index in [1.807, 2.05) is 12.1 Å². The molecule has 96 valence electrons. The van der Waals surface area contributed by atoms with Gasteiger partial charge in [0.05, 0.1) is 0 Å². The van der Waals surface area contributed by atoms with Gasteiger partial charge in [-0.15, -0.1) is 0 Å². The Hall–Kier alpha value is -1.15. The second-order valence-electron chi connectivity index (χ2n) is 5.86. The summed E-state index contributed by atoms with van der Waals surface area (Å²) in [6, 6.07) is 8.37. The third kappa shape index (κ3) is 2.10. The van der Waals surface area contributed by atoms with Crippen LogP contribution in [-0.4, -0.2) is 18.9 Å². The van der Waals surface area contributed by atoms with E-state index in [0.717, 1.165) is 24.6 Å². The fourth-order valence-corrected chi connectivity index (χ4v) is 3.04. The first-order chi connectivity index (χ1) is 8.75. The predicted octanol–water partition coefficient (Wildman–Crippen LogP) is 2.99. The third-order valence-electron chi connectivity index (χ3n) is 4.63. The molecule has 2 heteroatoms. The summed E-state index contributed by atoms with van der Waals surface area (Å²) in [5, 5.41) is 3.30. The molecule has 1 aromatic rings. The molecule has 18 heavy (non-hydrogen) atoms. The van der Waals surface area contributed by atoms with Gasteiger partial charge in [0.1, 0.15) is 0 Å². The molecular weight excluding hydrogens is 222 g/mol. The molecule has 0 spiro atoms. The van der Waals surface area contributed by atoms with Crippen LogP contribution in [0.2, 0.25) is 0 Å². The number of carbonyl (C=O) groups excluding carboxylic acids is 1. The molecule has 2 fully saturated rings. The van der Waals surface area contributed by atoms with Crippen LogP contribution in [0.25, 0.3) is 0 Å². The summed E-state index contributed by atoms with van der Waals surface area (Å²) >= 11 is 0. The van der Waals surface area contributed by atoms with Crippen molar-refractivity contribution in [3.05, 3.63) is 35.4 Å². The Balaban J connectivity index is 1.73. The molecule has 2 aliphatic rings. The van der Waals surface area contributed by atoms with Crippen molar-refractivity contribution >= 4 is 5.78 Å². The first kappa shape index (κ1) is 11.9. The van der Waals surface area contributed by atoms with Crippen LogP contribution < -0.4 is 5.32 Å². The molecule has 1 saturated heterocycles. The van der Waals surface area contributed by atoms with Gasteiger partial charge in [0, 0.05) is 18.0 Å². The molecule has 1 N–H and O–H groups in total. The zero-order valence-electron chi connectivity index (χ0n) is 11.0. The fraction of sp³-hybridized carbons (Fsp3) is 0.562. The van der Waals surface area contributed by atoms with E-state index in [9.17, 15) is 4.79 Å². The normalized spacial score (nSPS) is 28.1.